The number of carbonyl (C=O) groups is 1. The van der Waals surface area contributed by atoms with Gasteiger partial charge < -0.3 is 11.1 Å². The molecule has 4 nitrogen and oxygen atoms in total. The molecule has 0 spiro atoms. The second kappa shape index (κ2) is 6.88. The molecule has 1 unspecified atom stereocenters. The largest absolute Gasteiger partial charge is 0.379 e. The van der Waals surface area contributed by atoms with Crippen molar-refractivity contribution in [1.29, 1.82) is 0 Å². The zero-order valence-corrected chi connectivity index (χ0v) is 15.0. The maximum atomic E-state index is 13.4. The van der Waals surface area contributed by atoms with Crippen LogP contribution in [0.25, 0.3) is 0 Å². The van der Waals surface area contributed by atoms with Crippen molar-refractivity contribution in [2.45, 2.75) is 25.8 Å². The van der Waals surface area contributed by atoms with Crippen LogP contribution < -0.4 is 11.1 Å². The molecule has 0 aromatic heterocycles. The van der Waals surface area contributed by atoms with Crippen molar-refractivity contribution in [3.05, 3.63) is 65.0 Å². The van der Waals surface area contributed by atoms with Gasteiger partial charge in [0, 0.05) is 17.0 Å². The molecule has 2 aromatic carbocycles. The number of benzene rings is 2. The predicted molar refractivity (Wildman–Crippen MR) is 102 cm³/mol. The zero-order valence-electron chi connectivity index (χ0n) is 14.2. The molecule has 0 fully saturated rings. The molecule has 1 atom stereocenters. The normalized spacial score (nSPS) is 20.0. The molecule has 0 aliphatic carbocycles. The van der Waals surface area contributed by atoms with E-state index in [4.69, 9.17) is 5.73 Å². The topological polar surface area (TPSA) is 67.5 Å². The summed E-state index contributed by atoms with van der Waals surface area (Å²) in [6, 6.07) is 11.8. The van der Waals surface area contributed by atoms with Gasteiger partial charge in [0.1, 0.15) is 5.82 Å². The van der Waals surface area contributed by atoms with E-state index in [1.165, 1.54) is 12.1 Å². The number of thioether (sulfide) groups is 1. The van der Waals surface area contributed by atoms with Crippen LogP contribution >= 0.6 is 11.8 Å². The van der Waals surface area contributed by atoms with Crippen LogP contribution in [-0.2, 0) is 5.54 Å². The number of nitrogens with zero attached hydrogens (tertiary/aromatic N) is 1. The van der Waals surface area contributed by atoms with Crippen LogP contribution in [0.1, 0.15) is 34.8 Å². The van der Waals surface area contributed by atoms with Crippen molar-refractivity contribution in [3.8, 4) is 0 Å². The molecular formula is C19H20FN3OS. The summed E-state index contributed by atoms with van der Waals surface area (Å²) in [5.74, 6) is 0.147. The SMILES string of the molecule is Cc1ccc(F)cc1C(=O)Nc1cccc(C2(C)CCSC(N)=N2)c1. The molecule has 3 rings (SSSR count). The van der Waals surface area contributed by atoms with Crippen LogP contribution in [0.4, 0.5) is 10.1 Å². The Morgan fingerprint density at radius 1 is 1.32 bits per heavy atom. The summed E-state index contributed by atoms with van der Waals surface area (Å²) in [4.78, 5) is 17.1. The van der Waals surface area contributed by atoms with E-state index < -0.39 is 11.4 Å². The van der Waals surface area contributed by atoms with E-state index in [9.17, 15) is 9.18 Å². The van der Waals surface area contributed by atoms with Crippen molar-refractivity contribution < 1.29 is 9.18 Å². The van der Waals surface area contributed by atoms with Crippen molar-refractivity contribution in [2.75, 3.05) is 11.1 Å². The lowest BCUT2D eigenvalue weighted by atomic mass is 9.89. The van der Waals surface area contributed by atoms with Crippen LogP contribution in [0, 0.1) is 12.7 Å². The Labute approximate surface area is 150 Å². The molecule has 1 amide bonds. The van der Waals surface area contributed by atoms with Crippen molar-refractivity contribution in [3.63, 3.8) is 0 Å². The Morgan fingerprint density at radius 2 is 2.12 bits per heavy atom. The van der Waals surface area contributed by atoms with Gasteiger partial charge in [0.2, 0.25) is 0 Å². The molecule has 3 N–H and O–H groups in total. The molecule has 130 valence electrons. The van der Waals surface area contributed by atoms with E-state index in [-0.39, 0.29) is 5.91 Å². The lowest BCUT2D eigenvalue weighted by Crippen LogP contribution is -2.28. The number of hydrogen-bond donors (Lipinski definition) is 2. The minimum Gasteiger partial charge on any atom is -0.379 e. The van der Waals surface area contributed by atoms with E-state index in [0.717, 1.165) is 23.3 Å². The van der Waals surface area contributed by atoms with Gasteiger partial charge in [-0.1, -0.05) is 30.0 Å². The van der Waals surface area contributed by atoms with Gasteiger partial charge in [-0.05, 0) is 55.7 Å². The minimum atomic E-state index is -0.429. The fourth-order valence-corrected chi connectivity index (χ4v) is 3.84. The van der Waals surface area contributed by atoms with Gasteiger partial charge in [-0.2, -0.15) is 0 Å². The van der Waals surface area contributed by atoms with Crippen LogP contribution in [0.5, 0.6) is 0 Å². The van der Waals surface area contributed by atoms with Gasteiger partial charge in [-0.25, -0.2) is 4.39 Å². The fraction of sp³-hybridized carbons (Fsp3) is 0.263. The molecule has 0 radical (unpaired) electrons. The Kier molecular flexibility index (Phi) is 4.81. The summed E-state index contributed by atoms with van der Waals surface area (Å²) < 4.78 is 13.4. The zero-order chi connectivity index (χ0) is 18.0. The summed E-state index contributed by atoms with van der Waals surface area (Å²) >= 11 is 1.55. The standard InChI is InChI=1S/C19H20FN3OS/c1-12-6-7-14(20)11-16(12)17(24)22-15-5-3-4-13(10-15)19(2)8-9-25-18(21)23-19/h3-7,10-11H,8-9H2,1-2H3,(H2,21,23)(H,22,24). The minimum absolute atomic E-state index is 0.327. The van der Waals surface area contributed by atoms with E-state index in [1.54, 1.807) is 24.8 Å². The number of aliphatic imine (C=N–C) groups is 1. The monoisotopic (exact) mass is 357 g/mol. The number of amidine groups is 1. The fourth-order valence-electron chi connectivity index (χ4n) is 2.86. The summed E-state index contributed by atoms with van der Waals surface area (Å²) in [5, 5.41) is 3.43. The highest BCUT2D eigenvalue weighted by Crippen LogP contribution is 2.35. The van der Waals surface area contributed by atoms with Gasteiger partial charge in [0.05, 0.1) is 5.54 Å². The number of nitrogens with two attached hydrogens (primary N) is 1. The number of nitrogens with one attached hydrogen (secondary N) is 1. The Morgan fingerprint density at radius 3 is 2.88 bits per heavy atom. The Balaban J connectivity index is 1.86. The first-order chi connectivity index (χ1) is 11.9. The molecular weight excluding hydrogens is 337 g/mol. The van der Waals surface area contributed by atoms with Crippen molar-refractivity contribution in [1.82, 2.24) is 0 Å². The lowest BCUT2D eigenvalue weighted by Gasteiger charge is -2.30. The number of hydrogen-bond acceptors (Lipinski definition) is 4. The summed E-state index contributed by atoms with van der Waals surface area (Å²) in [6.45, 7) is 3.82. The lowest BCUT2D eigenvalue weighted by molar-refractivity contribution is 0.102. The van der Waals surface area contributed by atoms with Gasteiger partial charge in [0.25, 0.3) is 5.91 Å². The number of rotatable bonds is 3. The number of amides is 1. The molecule has 0 bridgehead atoms. The number of anilines is 1. The smallest absolute Gasteiger partial charge is 0.256 e. The van der Waals surface area contributed by atoms with Gasteiger partial charge >= 0.3 is 0 Å². The van der Waals surface area contributed by atoms with Crippen molar-refractivity contribution >= 4 is 28.5 Å². The molecule has 1 aliphatic rings. The first-order valence-corrected chi connectivity index (χ1v) is 9.02. The third-order valence-corrected chi connectivity index (χ3v) is 5.18. The molecule has 1 heterocycles. The van der Waals surface area contributed by atoms with Gasteiger partial charge in [0.15, 0.2) is 5.17 Å². The second-order valence-electron chi connectivity index (χ2n) is 6.32. The van der Waals surface area contributed by atoms with E-state index >= 15 is 0 Å². The highest BCUT2D eigenvalue weighted by molar-refractivity contribution is 8.13. The molecule has 0 saturated heterocycles. The Bertz CT molecular complexity index is 852. The van der Waals surface area contributed by atoms with E-state index in [2.05, 4.69) is 10.3 Å². The van der Waals surface area contributed by atoms with Crippen LogP contribution in [0.15, 0.2) is 47.5 Å². The number of halogens is 1. The van der Waals surface area contributed by atoms with Crippen molar-refractivity contribution in [2.24, 2.45) is 10.7 Å². The third-order valence-electron chi connectivity index (χ3n) is 4.38. The first-order valence-electron chi connectivity index (χ1n) is 8.03. The molecule has 2 aromatic rings. The average molecular weight is 357 g/mol. The van der Waals surface area contributed by atoms with Gasteiger partial charge in [-0.15, -0.1) is 0 Å². The van der Waals surface area contributed by atoms with E-state index in [0.29, 0.717) is 16.4 Å². The Hall–Kier alpha value is -2.34. The molecule has 0 saturated carbocycles. The molecule has 25 heavy (non-hydrogen) atoms. The van der Waals surface area contributed by atoms with Crippen LogP contribution in [0.2, 0.25) is 0 Å². The number of aryl methyl sites for hydroxylation is 1. The quantitative estimate of drug-likeness (QED) is 0.871. The average Bonchev–Trinajstić information content (AvgIpc) is 2.57. The molecule has 6 heteroatoms. The highest BCUT2D eigenvalue weighted by atomic mass is 32.2. The number of carbonyl (C=O) groups excluding carboxylic acids is 1. The van der Waals surface area contributed by atoms with Crippen LogP contribution in [-0.4, -0.2) is 16.8 Å². The predicted octanol–water partition coefficient (Wildman–Crippen LogP) is 4.05. The maximum absolute atomic E-state index is 13.4. The van der Waals surface area contributed by atoms with Crippen LogP contribution in [0.3, 0.4) is 0 Å². The first kappa shape index (κ1) is 17.5. The summed E-state index contributed by atoms with van der Waals surface area (Å²) in [5.41, 5.74) is 8.18. The van der Waals surface area contributed by atoms with Gasteiger partial charge in [-0.3, -0.25) is 9.79 Å². The summed E-state index contributed by atoms with van der Waals surface area (Å²) in [7, 11) is 0. The summed E-state index contributed by atoms with van der Waals surface area (Å²) in [6.07, 6.45) is 0.874. The molecule has 1 aliphatic heterocycles. The third kappa shape index (κ3) is 3.85. The maximum Gasteiger partial charge on any atom is 0.256 e. The second-order valence-corrected chi connectivity index (χ2v) is 7.43. The van der Waals surface area contributed by atoms with E-state index in [1.807, 2.05) is 31.2 Å². The highest BCUT2D eigenvalue weighted by Gasteiger charge is 2.29.